The van der Waals surface area contributed by atoms with Gasteiger partial charge in [0, 0.05) is 18.5 Å². The minimum atomic E-state index is -0.343. The second-order valence-corrected chi connectivity index (χ2v) is 5.16. The standard InChI is InChI=1S/C15H16N6O2/c1-9(2)23-12-4-5-17-7-11(12)20-15(22)10-3-6-19-21-13(16)8-18-14(10)21/h3-9H,16H2,1-2H3,(H,20,22). The number of hydrogen-bond acceptors (Lipinski definition) is 6. The zero-order chi connectivity index (χ0) is 16.4. The highest BCUT2D eigenvalue weighted by atomic mass is 16.5. The van der Waals surface area contributed by atoms with Crippen molar-refractivity contribution in [2.75, 3.05) is 11.1 Å². The van der Waals surface area contributed by atoms with Gasteiger partial charge in [-0.3, -0.25) is 9.78 Å². The number of nitrogen functional groups attached to an aromatic ring is 1. The Labute approximate surface area is 132 Å². The Balaban J connectivity index is 1.93. The van der Waals surface area contributed by atoms with Gasteiger partial charge in [0.25, 0.3) is 5.91 Å². The van der Waals surface area contributed by atoms with Crippen molar-refractivity contribution in [2.24, 2.45) is 0 Å². The molecular formula is C15H16N6O2. The number of carbonyl (C=O) groups excluding carboxylic acids is 1. The molecule has 0 saturated carbocycles. The molecule has 3 aromatic rings. The third-order valence-corrected chi connectivity index (χ3v) is 3.07. The van der Waals surface area contributed by atoms with Gasteiger partial charge in [0.15, 0.2) is 5.65 Å². The van der Waals surface area contributed by atoms with Crippen molar-refractivity contribution in [3.8, 4) is 5.75 Å². The quantitative estimate of drug-likeness (QED) is 0.760. The molecule has 0 bridgehead atoms. The minimum absolute atomic E-state index is 0.0206. The number of amides is 1. The molecule has 0 spiro atoms. The predicted octanol–water partition coefficient (Wildman–Crippen LogP) is 1.75. The maximum absolute atomic E-state index is 12.6. The molecule has 0 fully saturated rings. The van der Waals surface area contributed by atoms with Gasteiger partial charge in [-0.15, -0.1) is 0 Å². The molecule has 0 unspecified atom stereocenters. The Bertz CT molecular complexity index is 858. The number of pyridine rings is 1. The van der Waals surface area contributed by atoms with Gasteiger partial charge in [0.1, 0.15) is 17.3 Å². The topological polar surface area (TPSA) is 107 Å². The Hall–Kier alpha value is -3.16. The van der Waals surface area contributed by atoms with Crippen molar-refractivity contribution in [3.63, 3.8) is 0 Å². The molecular weight excluding hydrogens is 296 g/mol. The molecule has 0 radical (unpaired) electrons. The lowest BCUT2D eigenvalue weighted by Crippen LogP contribution is -2.16. The number of carbonyl (C=O) groups is 1. The molecule has 3 heterocycles. The monoisotopic (exact) mass is 312 g/mol. The molecule has 0 saturated heterocycles. The Morgan fingerprint density at radius 2 is 2.13 bits per heavy atom. The Kier molecular flexibility index (Phi) is 3.80. The predicted molar refractivity (Wildman–Crippen MR) is 85.4 cm³/mol. The van der Waals surface area contributed by atoms with Gasteiger partial charge >= 0.3 is 0 Å². The fourth-order valence-corrected chi connectivity index (χ4v) is 2.11. The maximum atomic E-state index is 12.6. The summed E-state index contributed by atoms with van der Waals surface area (Å²) in [6.07, 6.45) is 6.07. The molecule has 8 nitrogen and oxygen atoms in total. The minimum Gasteiger partial charge on any atom is -0.489 e. The number of nitrogens with one attached hydrogen (secondary N) is 1. The van der Waals surface area contributed by atoms with E-state index in [2.05, 4.69) is 20.4 Å². The number of nitrogens with two attached hydrogens (primary N) is 1. The van der Waals surface area contributed by atoms with E-state index in [1.807, 2.05) is 13.8 Å². The highest BCUT2D eigenvalue weighted by Gasteiger charge is 2.16. The highest BCUT2D eigenvalue weighted by molar-refractivity contribution is 6.08. The van der Waals surface area contributed by atoms with Crippen LogP contribution in [0.5, 0.6) is 5.75 Å². The second-order valence-electron chi connectivity index (χ2n) is 5.16. The number of fused-ring (bicyclic) bond motifs is 1. The third kappa shape index (κ3) is 2.91. The normalized spacial score (nSPS) is 10.9. The number of anilines is 2. The molecule has 8 heteroatoms. The zero-order valence-electron chi connectivity index (χ0n) is 12.7. The number of rotatable bonds is 4. The fraction of sp³-hybridized carbons (Fsp3) is 0.200. The number of imidazole rings is 1. The van der Waals surface area contributed by atoms with E-state index in [-0.39, 0.29) is 12.0 Å². The molecule has 118 valence electrons. The fourth-order valence-electron chi connectivity index (χ4n) is 2.11. The van der Waals surface area contributed by atoms with Gasteiger partial charge in [0.05, 0.1) is 24.1 Å². The molecule has 23 heavy (non-hydrogen) atoms. The van der Waals surface area contributed by atoms with Crippen molar-refractivity contribution in [1.29, 1.82) is 0 Å². The largest absolute Gasteiger partial charge is 0.489 e. The van der Waals surface area contributed by atoms with Crippen LogP contribution in [0.25, 0.3) is 5.65 Å². The third-order valence-electron chi connectivity index (χ3n) is 3.07. The SMILES string of the molecule is CC(C)Oc1ccncc1NC(=O)c1ccnn2c(N)cnc12. The Morgan fingerprint density at radius 1 is 1.30 bits per heavy atom. The number of ether oxygens (including phenoxy) is 1. The van der Waals surface area contributed by atoms with Crippen LogP contribution < -0.4 is 15.8 Å². The first kappa shape index (κ1) is 14.8. The van der Waals surface area contributed by atoms with Gasteiger partial charge in [-0.25, -0.2) is 4.98 Å². The zero-order valence-corrected chi connectivity index (χ0v) is 12.7. The summed E-state index contributed by atoms with van der Waals surface area (Å²) in [7, 11) is 0. The lowest BCUT2D eigenvalue weighted by molar-refractivity contribution is 0.102. The molecule has 0 aromatic carbocycles. The lowest BCUT2D eigenvalue weighted by atomic mass is 10.2. The average Bonchev–Trinajstić information content (AvgIpc) is 2.90. The van der Waals surface area contributed by atoms with Crippen molar-refractivity contribution in [2.45, 2.75) is 20.0 Å². The van der Waals surface area contributed by atoms with E-state index in [9.17, 15) is 4.79 Å². The summed E-state index contributed by atoms with van der Waals surface area (Å²) in [6.45, 7) is 3.82. The van der Waals surface area contributed by atoms with Crippen molar-refractivity contribution < 1.29 is 9.53 Å². The van der Waals surface area contributed by atoms with Crippen LogP contribution in [0.15, 0.2) is 36.9 Å². The van der Waals surface area contributed by atoms with Crippen molar-refractivity contribution in [1.82, 2.24) is 19.6 Å². The first-order valence-corrected chi connectivity index (χ1v) is 7.06. The van der Waals surface area contributed by atoms with Crippen molar-refractivity contribution >= 4 is 23.1 Å². The van der Waals surface area contributed by atoms with Gasteiger partial charge < -0.3 is 15.8 Å². The van der Waals surface area contributed by atoms with Crippen LogP contribution in [0.1, 0.15) is 24.2 Å². The van der Waals surface area contributed by atoms with Crippen LogP contribution in [0.2, 0.25) is 0 Å². The lowest BCUT2D eigenvalue weighted by Gasteiger charge is -2.14. The molecule has 0 atom stereocenters. The molecule has 1 amide bonds. The molecule has 0 aliphatic heterocycles. The van der Waals surface area contributed by atoms with Gasteiger partial charge in [-0.1, -0.05) is 0 Å². The summed E-state index contributed by atoms with van der Waals surface area (Å²) < 4.78 is 7.07. The van der Waals surface area contributed by atoms with E-state index < -0.39 is 0 Å². The van der Waals surface area contributed by atoms with Crippen LogP contribution in [-0.4, -0.2) is 31.6 Å². The van der Waals surface area contributed by atoms with Crippen LogP contribution >= 0.6 is 0 Å². The van der Waals surface area contributed by atoms with E-state index in [1.54, 1.807) is 18.3 Å². The van der Waals surface area contributed by atoms with Crippen LogP contribution in [0, 0.1) is 0 Å². The van der Waals surface area contributed by atoms with E-state index >= 15 is 0 Å². The van der Waals surface area contributed by atoms with Crippen LogP contribution in [0.3, 0.4) is 0 Å². The average molecular weight is 312 g/mol. The molecule has 3 rings (SSSR count). The molecule has 3 N–H and O–H groups in total. The smallest absolute Gasteiger partial charge is 0.259 e. The number of aromatic nitrogens is 4. The summed E-state index contributed by atoms with van der Waals surface area (Å²) in [5, 5.41) is 6.85. The number of nitrogens with zero attached hydrogens (tertiary/aromatic N) is 4. The van der Waals surface area contributed by atoms with Crippen LogP contribution in [-0.2, 0) is 0 Å². The van der Waals surface area contributed by atoms with Gasteiger partial charge in [0.2, 0.25) is 0 Å². The molecule has 0 aliphatic carbocycles. The highest BCUT2D eigenvalue weighted by Crippen LogP contribution is 2.24. The van der Waals surface area contributed by atoms with Gasteiger partial charge in [-0.05, 0) is 19.9 Å². The van der Waals surface area contributed by atoms with E-state index in [1.165, 1.54) is 23.1 Å². The second kappa shape index (κ2) is 5.91. The first-order valence-electron chi connectivity index (χ1n) is 7.06. The summed E-state index contributed by atoms with van der Waals surface area (Å²) in [5.74, 6) is 0.570. The first-order chi connectivity index (χ1) is 11.1. The summed E-state index contributed by atoms with van der Waals surface area (Å²) in [5.41, 5.74) is 6.98. The number of hydrogen-bond donors (Lipinski definition) is 2. The summed E-state index contributed by atoms with van der Waals surface area (Å²) >= 11 is 0. The molecule has 0 aliphatic rings. The van der Waals surface area contributed by atoms with Gasteiger partial charge in [-0.2, -0.15) is 9.61 Å². The van der Waals surface area contributed by atoms with Crippen molar-refractivity contribution in [3.05, 3.63) is 42.5 Å². The van der Waals surface area contributed by atoms with E-state index in [4.69, 9.17) is 10.5 Å². The van der Waals surface area contributed by atoms with Crippen LogP contribution in [0.4, 0.5) is 11.5 Å². The Morgan fingerprint density at radius 3 is 2.91 bits per heavy atom. The maximum Gasteiger partial charge on any atom is 0.259 e. The van der Waals surface area contributed by atoms with E-state index in [0.29, 0.717) is 28.5 Å². The molecule has 3 aromatic heterocycles. The summed E-state index contributed by atoms with van der Waals surface area (Å²) in [6, 6.07) is 3.28. The van der Waals surface area contributed by atoms with E-state index in [0.717, 1.165) is 0 Å². The summed E-state index contributed by atoms with van der Waals surface area (Å²) in [4.78, 5) is 20.7.